The summed E-state index contributed by atoms with van der Waals surface area (Å²) in [4.78, 5) is 11.3. The maximum absolute atomic E-state index is 11.3. The van der Waals surface area contributed by atoms with Gasteiger partial charge in [-0.2, -0.15) is 5.10 Å². The normalized spacial score (nSPS) is 14.1. The minimum atomic E-state index is 0.0778. The van der Waals surface area contributed by atoms with E-state index >= 15 is 0 Å². The molecule has 1 aliphatic rings. The largest absolute Gasteiger partial charge is 0.492 e. The second-order valence-electron chi connectivity index (χ2n) is 9.85. The molecule has 3 aromatic carbocycles. The Kier molecular flexibility index (Phi) is 8.51. The number of hydrogen-bond donors (Lipinski definition) is 3. The van der Waals surface area contributed by atoms with E-state index in [-0.39, 0.29) is 5.91 Å². The first-order valence-corrected chi connectivity index (χ1v) is 13.6. The molecule has 1 amide bonds. The maximum atomic E-state index is 11.3. The zero-order valence-electron chi connectivity index (χ0n) is 22.0. The molecule has 1 aromatic heterocycles. The van der Waals surface area contributed by atoms with E-state index in [9.17, 15) is 4.79 Å². The fourth-order valence-electron chi connectivity index (χ4n) is 5.06. The van der Waals surface area contributed by atoms with Gasteiger partial charge in [0.2, 0.25) is 5.91 Å². The number of carbonyl (C=O) groups excluding carboxylic acids is 1. The first kappa shape index (κ1) is 25.7. The zero-order chi connectivity index (χ0) is 26.2. The number of carbonyl (C=O) groups is 1. The van der Waals surface area contributed by atoms with Crippen LogP contribution in [0.2, 0.25) is 0 Å². The third-order valence-electron chi connectivity index (χ3n) is 7.32. The summed E-state index contributed by atoms with van der Waals surface area (Å²) in [6.45, 7) is 2.12. The Morgan fingerprint density at radius 1 is 0.974 bits per heavy atom. The van der Waals surface area contributed by atoms with Crippen LogP contribution in [0, 0.1) is 5.92 Å². The van der Waals surface area contributed by atoms with Crippen molar-refractivity contribution in [2.75, 3.05) is 26.7 Å². The Morgan fingerprint density at radius 2 is 1.76 bits per heavy atom. The molecule has 1 saturated carbocycles. The summed E-state index contributed by atoms with van der Waals surface area (Å²) in [5.41, 5.74) is 7.45. The van der Waals surface area contributed by atoms with Crippen LogP contribution in [0.15, 0.2) is 79.0 Å². The summed E-state index contributed by atoms with van der Waals surface area (Å²) in [7, 11) is 1.67. The summed E-state index contributed by atoms with van der Waals surface area (Å²) in [5, 5.41) is 14.4. The highest BCUT2D eigenvalue weighted by molar-refractivity contribution is 6.01. The third-order valence-corrected chi connectivity index (χ3v) is 7.32. The number of nitrogens with zero attached hydrogens (tertiary/aromatic N) is 1. The molecule has 38 heavy (non-hydrogen) atoms. The molecule has 0 spiro atoms. The van der Waals surface area contributed by atoms with Gasteiger partial charge in [-0.25, -0.2) is 0 Å². The number of allylic oxidation sites excluding steroid dienone is 1. The van der Waals surface area contributed by atoms with Crippen molar-refractivity contribution in [3.8, 4) is 5.75 Å². The highest BCUT2D eigenvalue weighted by atomic mass is 16.5. The van der Waals surface area contributed by atoms with Crippen LogP contribution in [0.3, 0.4) is 0 Å². The van der Waals surface area contributed by atoms with Crippen molar-refractivity contribution in [2.45, 2.75) is 32.1 Å². The molecule has 6 nitrogen and oxygen atoms in total. The average molecular weight is 509 g/mol. The number of fused-ring (bicyclic) bond motifs is 1. The van der Waals surface area contributed by atoms with E-state index in [1.165, 1.54) is 47.1 Å². The van der Waals surface area contributed by atoms with Gasteiger partial charge in [-0.05, 0) is 83.8 Å². The first-order chi connectivity index (χ1) is 18.7. The first-order valence-electron chi connectivity index (χ1n) is 13.6. The van der Waals surface area contributed by atoms with E-state index in [2.05, 4.69) is 93.6 Å². The molecule has 3 N–H and O–H groups in total. The van der Waals surface area contributed by atoms with Gasteiger partial charge in [-0.1, -0.05) is 55.0 Å². The summed E-state index contributed by atoms with van der Waals surface area (Å²) < 4.78 is 6.00. The number of benzene rings is 3. The van der Waals surface area contributed by atoms with Crippen LogP contribution in [0.5, 0.6) is 5.75 Å². The molecule has 0 aliphatic heterocycles. The topological polar surface area (TPSA) is 79.0 Å². The molecule has 4 aromatic rings. The van der Waals surface area contributed by atoms with Crippen molar-refractivity contribution in [3.63, 3.8) is 0 Å². The van der Waals surface area contributed by atoms with Crippen molar-refractivity contribution >= 4 is 28.0 Å². The summed E-state index contributed by atoms with van der Waals surface area (Å²) >= 11 is 0. The Labute approximate surface area is 224 Å². The fraction of sp³-hybridized carbons (Fsp3) is 0.312. The molecule has 196 valence electrons. The molecule has 5 rings (SSSR count). The van der Waals surface area contributed by atoms with Crippen LogP contribution in [0.25, 0.3) is 22.0 Å². The lowest BCUT2D eigenvalue weighted by Gasteiger charge is -2.31. The SMILES string of the molecule is CNC(=O)CCCNCCOc1ccc(/C(=C(\c2ccccc2)C2CCC2)c2ccc3[nH]ncc3c2)cc1. The lowest BCUT2D eigenvalue weighted by atomic mass is 9.73. The van der Waals surface area contributed by atoms with Gasteiger partial charge in [0.05, 0.1) is 11.7 Å². The Hall–Kier alpha value is -3.90. The number of ether oxygens (including phenoxy) is 1. The van der Waals surface area contributed by atoms with Crippen molar-refractivity contribution in [2.24, 2.45) is 5.92 Å². The summed E-state index contributed by atoms with van der Waals surface area (Å²) in [6, 6.07) is 25.9. The van der Waals surface area contributed by atoms with Crippen LogP contribution >= 0.6 is 0 Å². The standard InChI is InChI=1S/C32H36N4O2/c1-33-30(37)11-6-18-34-19-20-38-28-15-12-25(13-16-28)32(26-14-17-29-27(21-26)22-35-36-29)31(24-9-5-10-24)23-7-3-2-4-8-23/h2-4,7-8,12-17,21-22,24,34H,5-6,9-11,18-20H2,1H3,(H,33,37)(H,35,36)/b32-31-. The Morgan fingerprint density at radius 3 is 2.50 bits per heavy atom. The van der Waals surface area contributed by atoms with Gasteiger partial charge in [0.25, 0.3) is 0 Å². The quantitative estimate of drug-likeness (QED) is 0.167. The lowest BCUT2D eigenvalue weighted by molar-refractivity contribution is -0.120. The highest BCUT2D eigenvalue weighted by Gasteiger charge is 2.27. The molecular formula is C32H36N4O2. The van der Waals surface area contributed by atoms with Gasteiger partial charge in [0.1, 0.15) is 12.4 Å². The monoisotopic (exact) mass is 508 g/mol. The number of H-pyrrole nitrogens is 1. The van der Waals surface area contributed by atoms with Crippen molar-refractivity contribution in [1.29, 1.82) is 0 Å². The second kappa shape index (κ2) is 12.6. The Balaban J connectivity index is 1.37. The minimum Gasteiger partial charge on any atom is -0.492 e. The third kappa shape index (κ3) is 6.14. The number of nitrogens with one attached hydrogen (secondary N) is 3. The molecular weight excluding hydrogens is 472 g/mol. The van der Waals surface area contributed by atoms with E-state index in [1.54, 1.807) is 7.05 Å². The molecule has 0 radical (unpaired) electrons. The second-order valence-corrected chi connectivity index (χ2v) is 9.85. The molecule has 0 bridgehead atoms. The molecule has 1 aliphatic carbocycles. The van der Waals surface area contributed by atoms with Gasteiger partial charge in [-0.15, -0.1) is 0 Å². The van der Waals surface area contributed by atoms with Crippen molar-refractivity contribution < 1.29 is 9.53 Å². The van der Waals surface area contributed by atoms with Crippen LogP contribution in [-0.2, 0) is 4.79 Å². The molecule has 0 unspecified atom stereocenters. The minimum absolute atomic E-state index is 0.0778. The van der Waals surface area contributed by atoms with Crippen LogP contribution in [0.4, 0.5) is 0 Å². The number of amides is 1. The zero-order valence-corrected chi connectivity index (χ0v) is 22.0. The predicted octanol–water partition coefficient (Wildman–Crippen LogP) is 5.82. The van der Waals surface area contributed by atoms with Gasteiger partial charge in [-0.3, -0.25) is 9.89 Å². The predicted molar refractivity (Wildman–Crippen MR) is 154 cm³/mol. The van der Waals surface area contributed by atoms with Crippen molar-refractivity contribution in [1.82, 2.24) is 20.8 Å². The van der Waals surface area contributed by atoms with Gasteiger partial charge < -0.3 is 15.4 Å². The molecule has 0 saturated heterocycles. The van der Waals surface area contributed by atoms with E-state index in [0.29, 0.717) is 18.9 Å². The summed E-state index contributed by atoms with van der Waals surface area (Å²) in [5.74, 6) is 1.49. The van der Waals surface area contributed by atoms with Crippen LogP contribution < -0.4 is 15.4 Å². The van der Waals surface area contributed by atoms with E-state index in [0.717, 1.165) is 36.2 Å². The molecule has 1 fully saturated rings. The van der Waals surface area contributed by atoms with E-state index in [1.807, 2.05) is 6.20 Å². The van der Waals surface area contributed by atoms with Crippen LogP contribution in [-0.4, -0.2) is 42.8 Å². The number of rotatable bonds is 12. The molecule has 6 heteroatoms. The Bertz CT molecular complexity index is 1370. The van der Waals surface area contributed by atoms with E-state index < -0.39 is 0 Å². The van der Waals surface area contributed by atoms with Crippen molar-refractivity contribution in [3.05, 3.63) is 95.7 Å². The van der Waals surface area contributed by atoms with Gasteiger partial charge in [0, 0.05) is 25.4 Å². The van der Waals surface area contributed by atoms with Gasteiger partial charge >= 0.3 is 0 Å². The van der Waals surface area contributed by atoms with Gasteiger partial charge in [0.15, 0.2) is 0 Å². The van der Waals surface area contributed by atoms with Crippen LogP contribution in [0.1, 0.15) is 48.8 Å². The lowest BCUT2D eigenvalue weighted by Crippen LogP contribution is -2.24. The highest BCUT2D eigenvalue weighted by Crippen LogP contribution is 2.45. The smallest absolute Gasteiger partial charge is 0.219 e. The molecule has 0 atom stereocenters. The molecule has 1 heterocycles. The fourth-order valence-corrected chi connectivity index (χ4v) is 5.06. The van der Waals surface area contributed by atoms with E-state index in [4.69, 9.17) is 4.74 Å². The average Bonchev–Trinajstić information content (AvgIpc) is 3.40. The number of aromatic amines is 1. The maximum Gasteiger partial charge on any atom is 0.219 e. The summed E-state index contributed by atoms with van der Waals surface area (Å²) in [6.07, 6.45) is 6.98. The number of hydrogen-bond acceptors (Lipinski definition) is 4. The number of aromatic nitrogens is 2.